The van der Waals surface area contributed by atoms with Gasteiger partial charge in [-0.05, 0) is 67.9 Å². The molecular formula is C45H58F2N4O13. The van der Waals surface area contributed by atoms with E-state index >= 15 is 0 Å². The van der Waals surface area contributed by atoms with Crippen LogP contribution >= 0.6 is 0 Å². The lowest BCUT2D eigenvalue weighted by Crippen LogP contribution is -2.54. The van der Waals surface area contributed by atoms with Gasteiger partial charge in [0.25, 0.3) is 23.6 Å². The predicted octanol–water partition coefficient (Wildman–Crippen LogP) is 2.57. The van der Waals surface area contributed by atoms with Crippen LogP contribution < -0.4 is 10.6 Å². The van der Waals surface area contributed by atoms with Gasteiger partial charge >= 0.3 is 0 Å². The summed E-state index contributed by atoms with van der Waals surface area (Å²) in [5.41, 5.74) is -0.800. The van der Waals surface area contributed by atoms with Crippen LogP contribution in [0.25, 0.3) is 0 Å². The van der Waals surface area contributed by atoms with Crippen LogP contribution in [0.3, 0.4) is 0 Å². The summed E-state index contributed by atoms with van der Waals surface area (Å²) >= 11 is 0. The van der Waals surface area contributed by atoms with Gasteiger partial charge in [-0.15, -0.1) is 0 Å². The first kappa shape index (κ1) is 50.0. The molecule has 0 radical (unpaired) electrons. The van der Waals surface area contributed by atoms with Crippen molar-refractivity contribution in [2.24, 2.45) is 0 Å². The zero-order chi connectivity index (χ0) is 45.9. The molecule has 64 heavy (non-hydrogen) atoms. The molecule has 2 unspecified atom stereocenters. The van der Waals surface area contributed by atoms with E-state index in [2.05, 4.69) is 10.6 Å². The summed E-state index contributed by atoms with van der Waals surface area (Å²) in [6.07, 6.45) is 4.56. The van der Waals surface area contributed by atoms with Crippen molar-refractivity contribution in [3.63, 3.8) is 0 Å². The van der Waals surface area contributed by atoms with Gasteiger partial charge in [-0.1, -0.05) is 18.6 Å². The number of amides is 6. The highest BCUT2D eigenvalue weighted by Crippen LogP contribution is 2.30. The second-order valence-corrected chi connectivity index (χ2v) is 15.8. The van der Waals surface area contributed by atoms with Crippen molar-refractivity contribution >= 4 is 41.2 Å². The summed E-state index contributed by atoms with van der Waals surface area (Å²) in [7, 11) is 0. The molecular weight excluding hydrogens is 843 g/mol. The minimum atomic E-state index is -2.23. The van der Waals surface area contributed by atoms with E-state index in [0.717, 1.165) is 17.0 Å². The number of rotatable bonds is 30. The minimum Gasteiger partial charge on any atom is -0.379 e. The number of fused-ring (bicyclic) bond motifs is 1. The molecule has 3 heterocycles. The van der Waals surface area contributed by atoms with E-state index in [9.17, 15) is 47.4 Å². The Kier molecular flexibility index (Phi) is 19.9. The first-order valence-electron chi connectivity index (χ1n) is 21.9. The van der Waals surface area contributed by atoms with Crippen molar-refractivity contribution in [1.82, 2.24) is 20.4 Å². The SMILES string of the molecule is O=C(CCCCCN1CCC(O)(C(=O)NCc2cc(F)cc(F)c2)C1=O)CCCOCCOCCOCCOCCOCCCc1cccc2c1C(=O)N(C1CCC(=O)NC1=O)C2=O. The third-order valence-electron chi connectivity index (χ3n) is 11.0. The van der Waals surface area contributed by atoms with Crippen molar-refractivity contribution in [2.45, 2.75) is 88.8 Å². The van der Waals surface area contributed by atoms with E-state index in [1.165, 1.54) is 4.90 Å². The molecule has 17 nitrogen and oxygen atoms in total. The molecule has 19 heteroatoms. The fraction of sp³-hybridized carbons (Fsp3) is 0.578. The minimum absolute atomic E-state index is 0.0641. The third-order valence-corrected chi connectivity index (χ3v) is 11.0. The van der Waals surface area contributed by atoms with Crippen molar-refractivity contribution in [3.05, 3.63) is 70.3 Å². The first-order valence-corrected chi connectivity index (χ1v) is 21.9. The van der Waals surface area contributed by atoms with Crippen LogP contribution in [0.1, 0.15) is 96.1 Å². The molecule has 0 spiro atoms. The zero-order valence-corrected chi connectivity index (χ0v) is 36.0. The molecule has 5 rings (SSSR count). The molecule has 6 amide bonds. The van der Waals surface area contributed by atoms with Gasteiger partial charge in [0.1, 0.15) is 23.5 Å². The van der Waals surface area contributed by atoms with Gasteiger partial charge < -0.3 is 39.0 Å². The number of nitrogens with zero attached hydrogens (tertiary/aromatic N) is 2. The molecule has 0 aliphatic carbocycles. The van der Waals surface area contributed by atoms with E-state index in [1.807, 2.05) is 0 Å². The highest BCUT2D eigenvalue weighted by molar-refractivity contribution is 6.24. The van der Waals surface area contributed by atoms with Crippen LogP contribution in [0.15, 0.2) is 36.4 Å². The number of hydrogen-bond acceptors (Lipinski definition) is 13. The summed E-state index contributed by atoms with van der Waals surface area (Å²) in [6, 6.07) is 6.89. The van der Waals surface area contributed by atoms with E-state index in [4.69, 9.17) is 23.7 Å². The summed E-state index contributed by atoms with van der Waals surface area (Å²) < 4.78 is 54.6. The Bertz CT molecular complexity index is 1950. The lowest BCUT2D eigenvalue weighted by Gasteiger charge is -2.27. The van der Waals surface area contributed by atoms with Crippen LogP contribution in [0, 0.1) is 11.6 Å². The monoisotopic (exact) mass is 900 g/mol. The van der Waals surface area contributed by atoms with Gasteiger partial charge in [-0.3, -0.25) is 43.8 Å². The number of likely N-dealkylation sites (tertiary alicyclic amines) is 1. The average molecular weight is 901 g/mol. The Labute approximate surface area is 370 Å². The molecule has 2 aromatic rings. The first-order chi connectivity index (χ1) is 30.9. The molecule has 2 fully saturated rings. The number of carbonyl (C=O) groups excluding carboxylic acids is 7. The normalized spacial score (nSPS) is 18.5. The van der Waals surface area contributed by atoms with Gasteiger partial charge in [0.15, 0.2) is 0 Å². The molecule has 3 aliphatic rings. The molecule has 350 valence electrons. The summed E-state index contributed by atoms with van der Waals surface area (Å²) in [5, 5.41) is 15.3. The molecule has 0 saturated carbocycles. The Hall–Kier alpha value is -5.05. The van der Waals surface area contributed by atoms with Crippen LogP contribution in [-0.2, 0) is 60.6 Å². The largest absolute Gasteiger partial charge is 0.379 e. The molecule has 0 bridgehead atoms. The lowest BCUT2D eigenvalue weighted by molar-refractivity contribution is -0.154. The van der Waals surface area contributed by atoms with Crippen LogP contribution in [0.2, 0.25) is 0 Å². The molecule has 2 saturated heterocycles. The van der Waals surface area contributed by atoms with E-state index < -0.39 is 58.7 Å². The van der Waals surface area contributed by atoms with Crippen LogP contribution in [-0.4, -0.2) is 147 Å². The number of piperidine rings is 1. The van der Waals surface area contributed by atoms with Gasteiger partial charge in [-0.25, -0.2) is 8.78 Å². The van der Waals surface area contributed by atoms with Crippen molar-refractivity contribution in [1.29, 1.82) is 0 Å². The zero-order valence-electron chi connectivity index (χ0n) is 36.0. The maximum Gasteiger partial charge on any atom is 0.264 e. The number of Topliss-reactive ketones (excluding diaryl/α,β-unsaturated/α-hetero) is 1. The van der Waals surface area contributed by atoms with Gasteiger partial charge in [0, 0.05) is 64.6 Å². The molecule has 2 aromatic carbocycles. The number of imide groups is 2. The number of ether oxygens (including phenoxy) is 5. The maximum atomic E-state index is 13.4. The predicted molar refractivity (Wildman–Crippen MR) is 223 cm³/mol. The maximum absolute atomic E-state index is 13.4. The Morgan fingerprint density at radius 3 is 2.02 bits per heavy atom. The van der Waals surface area contributed by atoms with Crippen molar-refractivity contribution < 1.29 is 71.1 Å². The Balaban J connectivity index is 0.770. The van der Waals surface area contributed by atoms with E-state index in [1.54, 1.807) is 18.2 Å². The fourth-order valence-corrected chi connectivity index (χ4v) is 7.67. The second kappa shape index (κ2) is 25.4. The van der Waals surface area contributed by atoms with Crippen LogP contribution in [0.5, 0.6) is 0 Å². The van der Waals surface area contributed by atoms with Gasteiger partial charge in [0.2, 0.25) is 17.4 Å². The van der Waals surface area contributed by atoms with E-state index in [0.29, 0.717) is 141 Å². The Morgan fingerprint density at radius 1 is 0.766 bits per heavy atom. The summed E-state index contributed by atoms with van der Waals surface area (Å²) in [6.45, 7) is 4.28. The van der Waals surface area contributed by atoms with Crippen LogP contribution in [0.4, 0.5) is 8.78 Å². The van der Waals surface area contributed by atoms with Gasteiger partial charge in [-0.2, -0.15) is 0 Å². The Morgan fingerprint density at radius 2 is 1.38 bits per heavy atom. The summed E-state index contributed by atoms with van der Waals surface area (Å²) in [5.74, 6) is -5.20. The number of benzene rings is 2. The van der Waals surface area contributed by atoms with Crippen molar-refractivity contribution in [2.75, 3.05) is 79.2 Å². The number of halogens is 2. The lowest BCUT2D eigenvalue weighted by atomic mass is 9.99. The quantitative estimate of drug-likeness (QED) is 0.0585. The highest BCUT2D eigenvalue weighted by Gasteiger charge is 2.51. The molecule has 3 N–H and O–H groups in total. The van der Waals surface area contributed by atoms with E-state index in [-0.39, 0.29) is 49.3 Å². The number of unbranched alkanes of at least 4 members (excludes halogenated alkanes) is 2. The molecule has 0 aromatic heterocycles. The average Bonchev–Trinajstić information content (AvgIpc) is 3.70. The topological polar surface area (TPSA) is 216 Å². The highest BCUT2D eigenvalue weighted by atomic mass is 19.1. The third kappa shape index (κ3) is 14.5. The smallest absolute Gasteiger partial charge is 0.264 e. The number of aliphatic hydroxyl groups is 1. The number of aryl methyl sites for hydroxylation is 1. The number of ketones is 1. The number of hydrogen-bond donors (Lipinski definition) is 3. The van der Waals surface area contributed by atoms with Crippen molar-refractivity contribution in [3.8, 4) is 0 Å². The van der Waals surface area contributed by atoms with Gasteiger partial charge in [0.05, 0.1) is 64.0 Å². The number of nitrogens with one attached hydrogen (secondary N) is 2. The fourth-order valence-electron chi connectivity index (χ4n) is 7.67. The molecule has 2 atom stereocenters. The molecule has 3 aliphatic heterocycles. The second-order valence-electron chi connectivity index (χ2n) is 15.8. The standard InChI is InChI=1S/C45H58F2N4O13/c46-33-27-31(28-34(47)29-33)30-48-43(57)45(59)14-16-50(44(45)58)15-3-1-2-9-35(52)10-6-18-61-20-22-63-24-26-64-25-23-62-21-19-60-17-5-8-32-7-4-11-36-39(32)42(56)51(41(36)55)37-12-13-38(53)49-40(37)54/h4,7,11,27-29,37,59H,1-3,5-6,8-10,12-26,30H2,(H,48,57)(H,49,53,54). The summed E-state index contributed by atoms with van der Waals surface area (Å²) in [4.78, 5) is 90.1. The number of carbonyl (C=O) groups is 7.